The zero-order chi connectivity index (χ0) is 15.5. The molecule has 0 bridgehead atoms. The second kappa shape index (κ2) is 6.17. The molecule has 22 heavy (non-hydrogen) atoms. The molecule has 0 unspecified atom stereocenters. The highest BCUT2D eigenvalue weighted by atomic mass is 35.5. The zero-order valence-electron chi connectivity index (χ0n) is 11.2. The number of azo groups is 1. The number of aromatic amines is 1. The Hall–Kier alpha value is -2.37. The third kappa shape index (κ3) is 2.95. The smallest absolute Gasteiger partial charge is 0.235 e. The molecule has 2 N–H and O–H groups in total. The number of halogens is 2. The standard InChI is InChI=1S/C15H10Cl2N4O/c16-10-6-7-11(17)12(8-10)18-20-14-13(19-21-15(14)22)9-4-2-1-3-5-9/h1-8H,(H2,19,21,22). The Kier molecular flexibility index (Phi) is 4.09. The van der Waals surface area contributed by atoms with Crippen molar-refractivity contribution in [1.82, 2.24) is 10.2 Å². The van der Waals surface area contributed by atoms with E-state index in [1.807, 2.05) is 30.3 Å². The van der Waals surface area contributed by atoms with Gasteiger partial charge in [0.15, 0.2) is 5.69 Å². The topological polar surface area (TPSA) is 73.6 Å². The summed E-state index contributed by atoms with van der Waals surface area (Å²) in [6.07, 6.45) is 0. The van der Waals surface area contributed by atoms with Gasteiger partial charge in [-0.1, -0.05) is 53.5 Å². The minimum Gasteiger partial charge on any atom is -0.492 e. The molecule has 110 valence electrons. The van der Waals surface area contributed by atoms with Crippen molar-refractivity contribution in [3.63, 3.8) is 0 Å². The van der Waals surface area contributed by atoms with Crippen LogP contribution in [0.4, 0.5) is 11.4 Å². The molecule has 0 fully saturated rings. The largest absolute Gasteiger partial charge is 0.492 e. The lowest BCUT2D eigenvalue weighted by molar-refractivity contribution is 0.453. The third-order valence-corrected chi connectivity index (χ3v) is 3.49. The van der Waals surface area contributed by atoms with Gasteiger partial charge < -0.3 is 5.11 Å². The number of nitrogens with one attached hydrogen (secondary N) is 1. The van der Waals surface area contributed by atoms with Crippen LogP contribution in [0.25, 0.3) is 11.3 Å². The fraction of sp³-hybridized carbons (Fsp3) is 0. The van der Waals surface area contributed by atoms with Gasteiger partial charge in [-0.15, -0.1) is 10.2 Å². The lowest BCUT2D eigenvalue weighted by Gasteiger charge is -1.99. The van der Waals surface area contributed by atoms with Gasteiger partial charge in [0.1, 0.15) is 11.4 Å². The van der Waals surface area contributed by atoms with Gasteiger partial charge in [-0.05, 0) is 18.2 Å². The Morgan fingerprint density at radius 1 is 1.00 bits per heavy atom. The monoisotopic (exact) mass is 332 g/mol. The van der Waals surface area contributed by atoms with Gasteiger partial charge in [0.05, 0.1) is 5.02 Å². The Labute approximate surface area is 136 Å². The summed E-state index contributed by atoms with van der Waals surface area (Å²) in [5, 5.41) is 25.4. The van der Waals surface area contributed by atoms with E-state index in [-0.39, 0.29) is 11.6 Å². The van der Waals surface area contributed by atoms with Gasteiger partial charge in [0.25, 0.3) is 0 Å². The van der Waals surface area contributed by atoms with E-state index < -0.39 is 0 Å². The fourth-order valence-corrected chi connectivity index (χ4v) is 2.21. The van der Waals surface area contributed by atoms with Crippen LogP contribution >= 0.6 is 23.2 Å². The molecule has 3 rings (SSSR count). The van der Waals surface area contributed by atoms with Gasteiger partial charge in [0.2, 0.25) is 5.88 Å². The summed E-state index contributed by atoms with van der Waals surface area (Å²) in [4.78, 5) is 0. The number of rotatable bonds is 3. The SMILES string of the molecule is Oc1[nH]nc(-c2ccccc2)c1N=Nc1cc(Cl)ccc1Cl. The molecule has 1 heterocycles. The highest BCUT2D eigenvalue weighted by Gasteiger charge is 2.14. The van der Waals surface area contributed by atoms with E-state index in [2.05, 4.69) is 20.4 Å². The quantitative estimate of drug-likeness (QED) is 0.621. The Bertz CT molecular complexity index is 831. The van der Waals surface area contributed by atoms with E-state index in [9.17, 15) is 5.11 Å². The second-order valence-electron chi connectivity index (χ2n) is 4.43. The molecule has 0 amide bonds. The van der Waals surface area contributed by atoms with Crippen molar-refractivity contribution in [1.29, 1.82) is 0 Å². The van der Waals surface area contributed by atoms with Crippen molar-refractivity contribution in [3.8, 4) is 17.1 Å². The van der Waals surface area contributed by atoms with Gasteiger partial charge in [-0.3, -0.25) is 0 Å². The van der Waals surface area contributed by atoms with Crippen LogP contribution in [0, 0.1) is 0 Å². The predicted octanol–water partition coefficient (Wildman–Crippen LogP) is 5.50. The van der Waals surface area contributed by atoms with Crippen LogP contribution < -0.4 is 0 Å². The summed E-state index contributed by atoms with van der Waals surface area (Å²) < 4.78 is 0. The van der Waals surface area contributed by atoms with Gasteiger partial charge >= 0.3 is 0 Å². The molecule has 5 nitrogen and oxygen atoms in total. The van der Waals surface area contributed by atoms with E-state index in [0.717, 1.165) is 5.56 Å². The van der Waals surface area contributed by atoms with E-state index >= 15 is 0 Å². The lowest BCUT2D eigenvalue weighted by Crippen LogP contribution is -1.77. The first-order chi connectivity index (χ1) is 10.6. The minimum atomic E-state index is -0.166. The molecule has 3 aromatic rings. The molecule has 7 heteroatoms. The normalized spacial score (nSPS) is 11.2. The van der Waals surface area contributed by atoms with E-state index in [1.165, 1.54) is 0 Å². The summed E-state index contributed by atoms with van der Waals surface area (Å²) >= 11 is 11.9. The van der Waals surface area contributed by atoms with Crippen molar-refractivity contribution in [3.05, 3.63) is 58.6 Å². The maximum Gasteiger partial charge on any atom is 0.235 e. The Balaban J connectivity index is 2.01. The lowest BCUT2D eigenvalue weighted by atomic mass is 10.1. The Morgan fingerprint density at radius 2 is 1.77 bits per heavy atom. The third-order valence-electron chi connectivity index (χ3n) is 2.94. The van der Waals surface area contributed by atoms with Crippen LogP contribution in [0.3, 0.4) is 0 Å². The number of hydrogen-bond acceptors (Lipinski definition) is 4. The summed E-state index contributed by atoms with van der Waals surface area (Å²) in [5.41, 5.74) is 1.96. The van der Waals surface area contributed by atoms with Crippen LogP contribution in [-0.2, 0) is 0 Å². The number of hydrogen-bond donors (Lipinski definition) is 2. The number of aromatic nitrogens is 2. The van der Waals surface area contributed by atoms with Crippen LogP contribution in [0.15, 0.2) is 58.8 Å². The van der Waals surface area contributed by atoms with Gasteiger partial charge in [0, 0.05) is 10.6 Å². The van der Waals surface area contributed by atoms with Crippen molar-refractivity contribution < 1.29 is 5.11 Å². The van der Waals surface area contributed by atoms with E-state index in [0.29, 0.717) is 21.4 Å². The molecule has 0 aliphatic rings. The van der Waals surface area contributed by atoms with Crippen LogP contribution in [0.5, 0.6) is 5.88 Å². The molecule has 1 aromatic heterocycles. The summed E-state index contributed by atoms with van der Waals surface area (Å²) in [6, 6.07) is 14.2. The highest BCUT2D eigenvalue weighted by molar-refractivity contribution is 6.35. The molecule has 0 radical (unpaired) electrons. The first kappa shape index (κ1) is 14.6. The Morgan fingerprint density at radius 3 is 2.55 bits per heavy atom. The van der Waals surface area contributed by atoms with Crippen LogP contribution in [0.1, 0.15) is 0 Å². The van der Waals surface area contributed by atoms with E-state index in [1.54, 1.807) is 18.2 Å². The molecular formula is C15H10Cl2N4O. The minimum absolute atomic E-state index is 0.166. The summed E-state index contributed by atoms with van der Waals surface area (Å²) in [6.45, 7) is 0. The van der Waals surface area contributed by atoms with Gasteiger partial charge in [-0.2, -0.15) is 5.10 Å². The average Bonchev–Trinajstić information content (AvgIpc) is 2.90. The molecule has 0 atom stereocenters. The van der Waals surface area contributed by atoms with E-state index in [4.69, 9.17) is 23.2 Å². The molecular weight excluding hydrogens is 323 g/mol. The molecule has 0 saturated heterocycles. The van der Waals surface area contributed by atoms with Crippen molar-refractivity contribution >= 4 is 34.6 Å². The number of benzene rings is 2. The summed E-state index contributed by atoms with van der Waals surface area (Å²) in [7, 11) is 0. The number of aromatic hydroxyl groups is 1. The predicted molar refractivity (Wildman–Crippen MR) is 86.3 cm³/mol. The molecule has 0 spiro atoms. The maximum atomic E-state index is 9.86. The van der Waals surface area contributed by atoms with Crippen molar-refractivity contribution in [2.75, 3.05) is 0 Å². The highest BCUT2D eigenvalue weighted by Crippen LogP contribution is 2.37. The summed E-state index contributed by atoms with van der Waals surface area (Å²) in [5.74, 6) is -0.166. The van der Waals surface area contributed by atoms with Gasteiger partial charge in [-0.25, -0.2) is 5.10 Å². The fourth-order valence-electron chi connectivity index (χ4n) is 1.89. The number of nitrogens with zero attached hydrogens (tertiary/aromatic N) is 3. The number of H-pyrrole nitrogens is 1. The second-order valence-corrected chi connectivity index (χ2v) is 5.27. The average molecular weight is 333 g/mol. The van der Waals surface area contributed by atoms with Crippen molar-refractivity contribution in [2.24, 2.45) is 10.2 Å². The maximum absolute atomic E-state index is 9.86. The van der Waals surface area contributed by atoms with Crippen LogP contribution in [0.2, 0.25) is 10.0 Å². The molecule has 0 saturated carbocycles. The molecule has 2 aromatic carbocycles. The molecule has 0 aliphatic carbocycles. The first-order valence-electron chi connectivity index (χ1n) is 6.34. The zero-order valence-corrected chi connectivity index (χ0v) is 12.7. The van der Waals surface area contributed by atoms with Crippen molar-refractivity contribution in [2.45, 2.75) is 0 Å². The molecule has 0 aliphatic heterocycles. The first-order valence-corrected chi connectivity index (χ1v) is 7.10. The van der Waals surface area contributed by atoms with Crippen LogP contribution in [-0.4, -0.2) is 15.3 Å².